The van der Waals surface area contributed by atoms with Gasteiger partial charge >= 0.3 is 11.9 Å². The zero-order valence-electron chi connectivity index (χ0n) is 7.04. The van der Waals surface area contributed by atoms with Crippen LogP contribution in [0.2, 0.25) is 0 Å². The number of carboxylic acids is 2. The third-order valence-electron chi connectivity index (χ3n) is 2.23. The minimum Gasteiger partial charge on any atom is -0.480 e. The Hall–Kier alpha value is -0.360. The Bertz CT molecular complexity index is 314. The summed E-state index contributed by atoms with van der Waals surface area (Å²) in [6.45, 7) is 0. The Labute approximate surface area is 97.2 Å². The number of carboxylic acid groups (broad SMARTS) is 2. The molecule has 0 spiro atoms. The van der Waals surface area contributed by atoms with Gasteiger partial charge in [0.25, 0.3) is 0 Å². The zero-order chi connectivity index (χ0) is 11.0. The Morgan fingerprint density at radius 1 is 1.21 bits per heavy atom. The van der Waals surface area contributed by atoms with Crippen LogP contribution in [0.4, 0.5) is 0 Å². The minimum absolute atomic E-state index is 0.233. The first-order valence-corrected chi connectivity index (χ1v) is 5.45. The van der Waals surface area contributed by atoms with Crippen LogP contribution in [0, 0.1) is 0 Å². The van der Waals surface area contributed by atoms with Gasteiger partial charge < -0.3 is 10.2 Å². The maximum atomic E-state index is 11.0. The monoisotopic (exact) mass is 326 g/mol. The fourth-order valence-corrected chi connectivity index (χ4v) is 2.43. The highest BCUT2D eigenvalue weighted by molar-refractivity contribution is 9.13. The number of aliphatic carboxylic acids is 2. The quantitative estimate of drug-likeness (QED) is 0.599. The van der Waals surface area contributed by atoms with E-state index in [4.69, 9.17) is 10.2 Å². The summed E-state index contributed by atoms with van der Waals surface area (Å²) in [4.78, 5) is 22.0. The van der Waals surface area contributed by atoms with Gasteiger partial charge in [0.2, 0.25) is 0 Å². The predicted octanol–water partition coefficient (Wildman–Crippen LogP) is 1.77. The molecule has 0 fully saturated rings. The van der Waals surface area contributed by atoms with Crippen LogP contribution in [-0.4, -0.2) is 30.8 Å². The predicted molar refractivity (Wildman–Crippen MR) is 57.0 cm³/mol. The largest absolute Gasteiger partial charge is 0.480 e. The highest BCUT2D eigenvalue weighted by Crippen LogP contribution is 2.46. The lowest BCUT2D eigenvalue weighted by atomic mass is 9.83. The van der Waals surface area contributed by atoms with Crippen LogP contribution in [0.25, 0.3) is 0 Å². The van der Waals surface area contributed by atoms with Crippen molar-refractivity contribution in [3.8, 4) is 0 Å². The second kappa shape index (κ2) is 3.66. The molecule has 0 saturated heterocycles. The third kappa shape index (κ3) is 1.50. The Balaban J connectivity index is 3.24. The molecule has 0 radical (unpaired) electrons. The number of halogens is 2. The fourth-order valence-electron chi connectivity index (χ4n) is 1.35. The van der Waals surface area contributed by atoms with Crippen molar-refractivity contribution in [2.24, 2.45) is 0 Å². The molecule has 2 N–H and O–H groups in total. The van der Waals surface area contributed by atoms with Crippen molar-refractivity contribution in [3.63, 3.8) is 0 Å². The van der Waals surface area contributed by atoms with Gasteiger partial charge in [0, 0.05) is 0 Å². The zero-order valence-corrected chi connectivity index (χ0v) is 10.2. The fraction of sp³-hybridized carbons (Fsp3) is 0.500. The van der Waals surface area contributed by atoms with Crippen LogP contribution >= 0.6 is 31.9 Å². The molecular formula is C8H8Br2O4. The molecule has 1 aliphatic rings. The highest BCUT2D eigenvalue weighted by Gasteiger charge is 2.58. The number of carbonyl (C=O) groups is 2. The van der Waals surface area contributed by atoms with Crippen LogP contribution in [0.1, 0.15) is 12.8 Å². The van der Waals surface area contributed by atoms with Gasteiger partial charge in [0.05, 0.1) is 0 Å². The van der Waals surface area contributed by atoms with E-state index in [0.29, 0.717) is 6.42 Å². The number of hydrogen-bond acceptors (Lipinski definition) is 2. The van der Waals surface area contributed by atoms with Gasteiger partial charge in [-0.15, -0.1) is 0 Å². The standard InChI is InChI=1S/C8H8Br2O4/c9-7(5(11)12)3-1-2-4-8(7,10)6(13)14/h1,3H,2,4H2,(H,11,12)(H,13,14). The maximum absolute atomic E-state index is 11.0. The maximum Gasteiger partial charge on any atom is 0.326 e. The van der Waals surface area contributed by atoms with Crippen LogP contribution in [0.15, 0.2) is 12.2 Å². The molecule has 1 aliphatic carbocycles. The summed E-state index contributed by atoms with van der Waals surface area (Å²) in [7, 11) is 0. The number of hydrogen-bond donors (Lipinski definition) is 2. The summed E-state index contributed by atoms with van der Waals surface area (Å²) in [6, 6.07) is 0. The lowest BCUT2D eigenvalue weighted by Crippen LogP contribution is -2.55. The molecule has 14 heavy (non-hydrogen) atoms. The Morgan fingerprint density at radius 3 is 2.14 bits per heavy atom. The molecule has 1 rings (SSSR count). The van der Waals surface area contributed by atoms with Gasteiger partial charge in [-0.1, -0.05) is 44.0 Å². The van der Waals surface area contributed by atoms with E-state index in [1.807, 2.05) is 0 Å². The van der Waals surface area contributed by atoms with Gasteiger partial charge in [-0.25, -0.2) is 0 Å². The summed E-state index contributed by atoms with van der Waals surface area (Å²) in [5.74, 6) is -2.39. The number of alkyl halides is 2. The van der Waals surface area contributed by atoms with Crippen molar-refractivity contribution >= 4 is 43.8 Å². The molecule has 0 aromatic carbocycles. The van der Waals surface area contributed by atoms with Crippen molar-refractivity contribution in [1.82, 2.24) is 0 Å². The first-order chi connectivity index (χ1) is 6.34. The summed E-state index contributed by atoms with van der Waals surface area (Å²) in [5.41, 5.74) is 0. The SMILES string of the molecule is O=C(O)C1(Br)C=CCCC1(Br)C(=O)O. The molecule has 0 aliphatic heterocycles. The second-order valence-electron chi connectivity index (χ2n) is 3.06. The van der Waals surface area contributed by atoms with Crippen molar-refractivity contribution < 1.29 is 19.8 Å². The molecule has 78 valence electrons. The molecule has 0 saturated carbocycles. The van der Waals surface area contributed by atoms with Gasteiger partial charge in [-0.2, -0.15) is 0 Å². The van der Waals surface area contributed by atoms with E-state index in [0.717, 1.165) is 0 Å². The molecule has 6 heteroatoms. The van der Waals surface area contributed by atoms with Crippen LogP contribution in [-0.2, 0) is 9.59 Å². The molecule has 2 atom stereocenters. The average Bonchev–Trinajstić information content (AvgIpc) is 2.09. The first kappa shape index (κ1) is 11.7. The van der Waals surface area contributed by atoms with Gasteiger partial charge in [0.15, 0.2) is 8.65 Å². The first-order valence-electron chi connectivity index (χ1n) is 3.87. The van der Waals surface area contributed by atoms with E-state index in [9.17, 15) is 9.59 Å². The van der Waals surface area contributed by atoms with Crippen molar-refractivity contribution in [2.45, 2.75) is 21.5 Å². The number of allylic oxidation sites excluding steroid dienone is 1. The van der Waals surface area contributed by atoms with E-state index in [2.05, 4.69) is 31.9 Å². The second-order valence-corrected chi connectivity index (χ2v) is 5.67. The Morgan fingerprint density at radius 2 is 1.79 bits per heavy atom. The van der Waals surface area contributed by atoms with Crippen LogP contribution in [0.3, 0.4) is 0 Å². The van der Waals surface area contributed by atoms with Crippen molar-refractivity contribution in [3.05, 3.63) is 12.2 Å². The summed E-state index contributed by atoms with van der Waals surface area (Å²) in [5, 5.41) is 18.0. The van der Waals surface area contributed by atoms with Crippen LogP contribution < -0.4 is 0 Å². The minimum atomic E-state index is -1.58. The van der Waals surface area contributed by atoms with E-state index < -0.39 is 20.6 Å². The molecule has 0 aromatic heterocycles. The van der Waals surface area contributed by atoms with Gasteiger partial charge in [0.1, 0.15) is 0 Å². The van der Waals surface area contributed by atoms with E-state index in [1.165, 1.54) is 6.08 Å². The van der Waals surface area contributed by atoms with Gasteiger partial charge in [-0.05, 0) is 12.8 Å². The molecule has 2 unspecified atom stereocenters. The smallest absolute Gasteiger partial charge is 0.326 e. The lowest BCUT2D eigenvalue weighted by Gasteiger charge is -2.36. The molecule has 0 aromatic rings. The normalized spacial score (nSPS) is 36.7. The average molecular weight is 328 g/mol. The third-order valence-corrected chi connectivity index (χ3v) is 5.40. The van der Waals surface area contributed by atoms with Crippen molar-refractivity contribution in [1.29, 1.82) is 0 Å². The summed E-state index contributed by atoms with van der Waals surface area (Å²) in [6.07, 6.45) is 3.79. The van der Waals surface area contributed by atoms with E-state index in [-0.39, 0.29) is 6.42 Å². The van der Waals surface area contributed by atoms with E-state index in [1.54, 1.807) is 6.08 Å². The summed E-state index contributed by atoms with van der Waals surface area (Å²) >= 11 is 5.97. The molecule has 0 heterocycles. The highest BCUT2D eigenvalue weighted by atomic mass is 79.9. The lowest BCUT2D eigenvalue weighted by molar-refractivity contribution is -0.147. The molecular weight excluding hydrogens is 320 g/mol. The molecule has 0 amide bonds. The molecule has 4 nitrogen and oxygen atoms in total. The topological polar surface area (TPSA) is 74.6 Å². The summed E-state index contributed by atoms with van der Waals surface area (Å²) < 4.78 is -3.06. The Kier molecular flexibility index (Phi) is 3.06. The van der Waals surface area contributed by atoms with E-state index >= 15 is 0 Å². The van der Waals surface area contributed by atoms with Crippen LogP contribution in [0.5, 0.6) is 0 Å². The van der Waals surface area contributed by atoms with Crippen molar-refractivity contribution in [2.75, 3.05) is 0 Å². The van der Waals surface area contributed by atoms with Gasteiger partial charge in [-0.3, -0.25) is 9.59 Å². The molecule has 0 bridgehead atoms. The number of rotatable bonds is 2.